The highest BCUT2D eigenvalue weighted by molar-refractivity contribution is 5.98. The van der Waals surface area contributed by atoms with E-state index in [1.54, 1.807) is 6.92 Å². The van der Waals surface area contributed by atoms with Crippen LogP contribution in [0.2, 0.25) is 0 Å². The van der Waals surface area contributed by atoms with E-state index < -0.39 is 5.91 Å². The van der Waals surface area contributed by atoms with E-state index in [0.717, 1.165) is 0 Å². The average molecular weight is 124 g/mol. The Morgan fingerprint density at radius 1 is 1.78 bits per heavy atom. The first kappa shape index (κ1) is 5.81. The molecule has 0 atom stereocenters. The molecule has 9 heavy (non-hydrogen) atoms. The van der Waals surface area contributed by atoms with E-state index in [9.17, 15) is 4.79 Å². The Kier molecular flexibility index (Phi) is 1.22. The minimum absolute atomic E-state index is 0.229. The Labute approximate surface area is 52.5 Å². The Balaban J connectivity index is 2.75. The van der Waals surface area contributed by atoms with Gasteiger partial charge in [-0.05, 0) is 6.92 Å². The minimum atomic E-state index is -0.532. The lowest BCUT2D eigenvalue weighted by atomic mass is 10.5. The van der Waals surface area contributed by atoms with Crippen molar-refractivity contribution in [2.75, 3.05) is 0 Å². The smallest absolute Gasteiger partial charge is 0.268 e. The number of carbonyl (C=O) groups is 1. The summed E-state index contributed by atoms with van der Waals surface area (Å²) in [5.41, 5.74) is 5.11. The highest BCUT2D eigenvalue weighted by Crippen LogP contribution is 2.00. The molecule has 47 valence electrons. The number of aliphatic imine (C=N–C) groups is 1. The summed E-state index contributed by atoms with van der Waals surface area (Å²) >= 11 is 0. The van der Waals surface area contributed by atoms with Gasteiger partial charge in [-0.25, -0.2) is 10.3 Å². The second kappa shape index (κ2) is 1.89. The number of nitrogens with zero attached hydrogens (tertiary/aromatic N) is 2. The van der Waals surface area contributed by atoms with Crippen molar-refractivity contribution in [1.82, 2.24) is 5.32 Å². The fraction of sp³-hybridized carbons (Fsp3) is 0.200. The molecule has 0 bridgehead atoms. The van der Waals surface area contributed by atoms with E-state index in [2.05, 4.69) is 10.3 Å². The van der Waals surface area contributed by atoms with Crippen LogP contribution in [-0.2, 0) is 4.79 Å². The summed E-state index contributed by atoms with van der Waals surface area (Å²) in [6, 6.07) is 0. The molecule has 0 aromatic heterocycles. The van der Waals surface area contributed by atoms with Gasteiger partial charge >= 0.3 is 0 Å². The van der Waals surface area contributed by atoms with E-state index in [4.69, 9.17) is 5.73 Å². The topological polar surface area (TPSA) is 69.5 Å². The van der Waals surface area contributed by atoms with Crippen LogP contribution in [0.5, 0.6) is 0 Å². The van der Waals surface area contributed by atoms with Gasteiger partial charge < -0.3 is 5.73 Å². The summed E-state index contributed by atoms with van der Waals surface area (Å²) in [6.45, 7) is 1.70. The van der Waals surface area contributed by atoms with Crippen molar-refractivity contribution in [2.24, 2.45) is 10.7 Å². The summed E-state index contributed by atoms with van der Waals surface area (Å²) in [5, 5.41) is 3.73. The number of rotatable bonds is 1. The molecule has 0 saturated heterocycles. The molecule has 0 aliphatic carbocycles. The monoisotopic (exact) mass is 124 g/mol. The lowest BCUT2D eigenvalue weighted by Gasteiger charge is -1.83. The first-order valence-corrected chi connectivity index (χ1v) is 2.46. The summed E-state index contributed by atoms with van der Waals surface area (Å²) in [7, 11) is 0. The van der Waals surface area contributed by atoms with Crippen LogP contribution in [-0.4, -0.2) is 11.7 Å². The molecule has 4 nitrogen and oxygen atoms in total. The second-order valence-electron chi connectivity index (χ2n) is 1.67. The summed E-state index contributed by atoms with van der Waals surface area (Å²) < 4.78 is 0. The van der Waals surface area contributed by atoms with Crippen LogP contribution in [0.15, 0.2) is 16.9 Å². The summed E-state index contributed by atoms with van der Waals surface area (Å²) in [5.74, 6) is 0.0411. The highest BCUT2D eigenvalue weighted by Gasteiger charge is 2.09. The van der Waals surface area contributed by atoms with Crippen molar-refractivity contribution in [3.63, 3.8) is 0 Å². The zero-order chi connectivity index (χ0) is 6.85. The third-order valence-corrected chi connectivity index (χ3v) is 0.908. The van der Waals surface area contributed by atoms with Crippen LogP contribution in [0.25, 0.3) is 0 Å². The molecule has 1 aliphatic rings. The van der Waals surface area contributed by atoms with Crippen molar-refractivity contribution >= 4 is 11.7 Å². The van der Waals surface area contributed by atoms with Gasteiger partial charge in [0.15, 0.2) is 0 Å². The molecule has 1 heterocycles. The molecule has 1 aliphatic heterocycles. The number of carbonyl (C=O) groups excluding carboxylic acids is 1. The molecule has 0 aromatic carbocycles. The lowest BCUT2D eigenvalue weighted by molar-refractivity contribution is -0.114. The van der Waals surface area contributed by atoms with Gasteiger partial charge in [0, 0.05) is 0 Å². The third-order valence-electron chi connectivity index (χ3n) is 0.908. The molecule has 0 unspecified atom stereocenters. The van der Waals surface area contributed by atoms with Gasteiger partial charge in [0.2, 0.25) is 0 Å². The largest absolute Gasteiger partial charge is 0.364 e. The molecule has 2 N–H and O–H groups in total. The molecule has 0 saturated carbocycles. The molecular formula is C5H6N3O. The van der Waals surface area contributed by atoms with Crippen LogP contribution in [0.3, 0.4) is 0 Å². The highest BCUT2D eigenvalue weighted by atomic mass is 16.1. The first-order valence-electron chi connectivity index (χ1n) is 2.46. The fourth-order valence-electron chi connectivity index (χ4n) is 0.505. The summed E-state index contributed by atoms with van der Waals surface area (Å²) in [6.07, 6.45) is 1.36. The van der Waals surface area contributed by atoms with E-state index in [-0.39, 0.29) is 5.70 Å². The predicted octanol–water partition coefficient (Wildman–Crippen LogP) is -0.651. The number of amides is 1. The van der Waals surface area contributed by atoms with Crippen molar-refractivity contribution in [3.05, 3.63) is 11.9 Å². The third kappa shape index (κ3) is 1.07. The SMILES string of the molecule is CC1=NC(C(N)=O)=C[N]1. The van der Waals surface area contributed by atoms with Crippen molar-refractivity contribution in [1.29, 1.82) is 0 Å². The van der Waals surface area contributed by atoms with Gasteiger partial charge in [0.25, 0.3) is 5.91 Å². The van der Waals surface area contributed by atoms with E-state index >= 15 is 0 Å². The van der Waals surface area contributed by atoms with Crippen molar-refractivity contribution in [3.8, 4) is 0 Å². The van der Waals surface area contributed by atoms with Crippen LogP contribution in [0.1, 0.15) is 6.92 Å². The predicted molar refractivity (Wildman–Crippen MR) is 32.5 cm³/mol. The van der Waals surface area contributed by atoms with Crippen molar-refractivity contribution in [2.45, 2.75) is 6.92 Å². The van der Waals surface area contributed by atoms with E-state index in [1.807, 2.05) is 0 Å². The molecule has 1 amide bonds. The van der Waals surface area contributed by atoms with Gasteiger partial charge in [0.05, 0.1) is 6.20 Å². The number of amidine groups is 1. The fourth-order valence-corrected chi connectivity index (χ4v) is 0.505. The molecular weight excluding hydrogens is 118 g/mol. The van der Waals surface area contributed by atoms with Crippen LogP contribution in [0.4, 0.5) is 0 Å². The molecule has 1 radical (unpaired) electrons. The lowest BCUT2D eigenvalue weighted by Crippen LogP contribution is -2.11. The molecule has 0 aromatic rings. The molecule has 1 rings (SSSR count). The van der Waals surface area contributed by atoms with Crippen LogP contribution in [0, 0.1) is 0 Å². The quantitative estimate of drug-likeness (QED) is 0.495. The Bertz CT molecular complexity index is 204. The van der Waals surface area contributed by atoms with Gasteiger partial charge in [0.1, 0.15) is 11.5 Å². The van der Waals surface area contributed by atoms with Crippen LogP contribution < -0.4 is 11.1 Å². The molecule has 0 spiro atoms. The zero-order valence-corrected chi connectivity index (χ0v) is 4.96. The maximum absolute atomic E-state index is 10.3. The summed E-state index contributed by atoms with van der Waals surface area (Å²) in [4.78, 5) is 14.1. The van der Waals surface area contributed by atoms with E-state index in [0.29, 0.717) is 5.84 Å². The van der Waals surface area contributed by atoms with Gasteiger partial charge in [-0.3, -0.25) is 4.79 Å². The van der Waals surface area contributed by atoms with E-state index in [1.165, 1.54) is 6.20 Å². The number of nitrogens with two attached hydrogens (primary N) is 1. The number of primary amides is 1. The second-order valence-corrected chi connectivity index (χ2v) is 1.67. The van der Waals surface area contributed by atoms with Gasteiger partial charge in [-0.2, -0.15) is 0 Å². The Morgan fingerprint density at radius 2 is 2.44 bits per heavy atom. The standard InChI is InChI=1S/C5H6N3O/c1-3-7-2-4(8-3)5(6)9/h2H,1H3,(H2,6,9). The first-order chi connectivity index (χ1) is 4.20. The maximum atomic E-state index is 10.3. The van der Waals surface area contributed by atoms with Gasteiger partial charge in [-0.1, -0.05) is 0 Å². The minimum Gasteiger partial charge on any atom is -0.364 e. The van der Waals surface area contributed by atoms with Crippen LogP contribution >= 0.6 is 0 Å². The average Bonchev–Trinajstić information content (AvgIpc) is 2.14. The van der Waals surface area contributed by atoms with Crippen molar-refractivity contribution < 1.29 is 4.79 Å². The number of hydrogen-bond donors (Lipinski definition) is 1. The Morgan fingerprint density at radius 3 is 2.67 bits per heavy atom. The molecule has 4 heteroatoms. The Hall–Kier alpha value is -1.32. The zero-order valence-electron chi connectivity index (χ0n) is 4.96. The normalized spacial score (nSPS) is 16.1. The molecule has 0 fully saturated rings. The maximum Gasteiger partial charge on any atom is 0.268 e. The number of hydrogen-bond acceptors (Lipinski definition) is 2. The van der Waals surface area contributed by atoms with Gasteiger partial charge in [-0.15, -0.1) is 0 Å².